The second kappa shape index (κ2) is 9.37. The first-order chi connectivity index (χ1) is 13.0. The number of benzene rings is 1. The Morgan fingerprint density at radius 3 is 2.63 bits per heavy atom. The zero-order valence-corrected chi connectivity index (χ0v) is 16.7. The molecule has 0 aliphatic heterocycles. The fourth-order valence-electron chi connectivity index (χ4n) is 3.23. The molecule has 3 N–H and O–H groups in total. The van der Waals surface area contributed by atoms with Crippen molar-refractivity contribution >= 4 is 39.9 Å². The SMILES string of the molecule is NC(=O)c1c(NC(=O)CCCSc2ccc(F)cc2)sc2c1CCCCC2. The molecule has 7 heteroatoms. The average Bonchev–Trinajstić information content (AvgIpc) is 2.81. The second-order valence-corrected chi connectivity index (χ2v) is 8.86. The number of aryl methyl sites for hydroxylation is 1. The molecule has 1 heterocycles. The van der Waals surface area contributed by atoms with E-state index in [-0.39, 0.29) is 11.7 Å². The van der Waals surface area contributed by atoms with E-state index in [1.54, 1.807) is 23.9 Å². The molecular formula is C20H23FN2O2S2. The smallest absolute Gasteiger partial charge is 0.251 e. The predicted octanol–water partition coefficient (Wildman–Crippen LogP) is 4.77. The van der Waals surface area contributed by atoms with E-state index in [1.807, 2.05) is 0 Å². The summed E-state index contributed by atoms with van der Waals surface area (Å²) < 4.78 is 12.9. The van der Waals surface area contributed by atoms with Gasteiger partial charge in [0.1, 0.15) is 10.8 Å². The Kier molecular flexibility index (Phi) is 6.90. The van der Waals surface area contributed by atoms with Crippen LogP contribution in [0.5, 0.6) is 0 Å². The van der Waals surface area contributed by atoms with Crippen LogP contribution in [0.15, 0.2) is 29.2 Å². The van der Waals surface area contributed by atoms with Gasteiger partial charge in [-0.1, -0.05) is 6.42 Å². The Balaban J connectivity index is 1.54. The van der Waals surface area contributed by atoms with Crippen LogP contribution in [-0.4, -0.2) is 17.6 Å². The number of nitrogens with two attached hydrogens (primary N) is 1. The molecule has 0 saturated heterocycles. The van der Waals surface area contributed by atoms with Crippen molar-refractivity contribution in [1.82, 2.24) is 0 Å². The maximum Gasteiger partial charge on any atom is 0.251 e. The number of anilines is 1. The van der Waals surface area contributed by atoms with Crippen LogP contribution in [0, 0.1) is 5.82 Å². The fourth-order valence-corrected chi connectivity index (χ4v) is 5.40. The lowest BCUT2D eigenvalue weighted by Gasteiger charge is -2.06. The minimum Gasteiger partial charge on any atom is -0.365 e. The molecule has 0 saturated carbocycles. The standard InChI is InChI=1S/C20H23FN2O2S2/c21-13-8-10-14(11-9-13)26-12-4-7-17(24)23-20-18(19(22)25)15-5-2-1-3-6-16(15)27-20/h8-11H,1-7,12H2,(H2,22,25)(H,23,24). The molecule has 2 amide bonds. The van der Waals surface area contributed by atoms with Gasteiger partial charge in [-0.2, -0.15) is 0 Å². The van der Waals surface area contributed by atoms with Crippen LogP contribution >= 0.6 is 23.1 Å². The lowest BCUT2D eigenvalue weighted by atomic mass is 10.1. The highest BCUT2D eigenvalue weighted by atomic mass is 32.2. The van der Waals surface area contributed by atoms with Crippen molar-refractivity contribution < 1.29 is 14.0 Å². The van der Waals surface area contributed by atoms with Crippen molar-refractivity contribution in [3.05, 3.63) is 46.1 Å². The molecule has 0 fully saturated rings. The summed E-state index contributed by atoms with van der Waals surface area (Å²) in [5.41, 5.74) is 7.13. The Bertz CT molecular complexity index is 818. The molecule has 1 aromatic heterocycles. The van der Waals surface area contributed by atoms with E-state index in [2.05, 4.69) is 5.32 Å². The maximum absolute atomic E-state index is 12.9. The van der Waals surface area contributed by atoms with E-state index in [9.17, 15) is 14.0 Å². The summed E-state index contributed by atoms with van der Waals surface area (Å²) in [4.78, 5) is 26.4. The molecule has 0 radical (unpaired) electrons. The number of amides is 2. The number of thiophene rings is 1. The van der Waals surface area contributed by atoms with Crippen molar-refractivity contribution in [3.8, 4) is 0 Å². The molecule has 0 atom stereocenters. The maximum atomic E-state index is 12.9. The Morgan fingerprint density at radius 2 is 1.89 bits per heavy atom. The summed E-state index contributed by atoms with van der Waals surface area (Å²) in [6.45, 7) is 0. The number of halogens is 1. The molecule has 2 aromatic rings. The molecule has 1 aliphatic rings. The van der Waals surface area contributed by atoms with Gasteiger partial charge >= 0.3 is 0 Å². The van der Waals surface area contributed by atoms with Gasteiger partial charge in [-0.3, -0.25) is 9.59 Å². The number of carbonyl (C=O) groups excluding carboxylic acids is 2. The lowest BCUT2D eigenvalue weighted by Crippen LogP contribution is -2.18. The third kappa shape index (κ3) is 5.32. The van der Waals surface area contributed by atoms with Crippen molar-refractivity contribution in [1.29, 1.82) is 0 Å². The highest BCUT2D eigenvalue weighted by Gasteiger charge is 2.24. The number of rotatable bonds is 7. The zero-order valence-electron chi connectivity index (χ0n) is 15.1. The lowest BCUT2D eigenvalue weighted by molar-refractivity contribution is -0.116. The number of primary amides is 1. The molecule has 0 bridgehead atoms. The molecular weight excluding hydrogens is 383 g/mol. The summed E-state index contributed by atoms with van der Waals surface area (Å²) >= 11 is 3.09. The second-order valence-electron chi connectivity index (χ2n) is 6.59. The van der Waals surface area contributed by atoms with E-state index < -0.39 is 5.91 Å². The first-order valence-corrected chi connectivity index (χ1v) is 11.0. The van der Waals surface area contributed by atoms with Gasteiger partial charge < -0.3 is 11.1 Å². The molecule has 0 unspecified atom stereocenters. The normalized spacial score (nSPS) is 13.7. The van der Waals surface area contributed by atoms with E-state index >= 15 is 0 Å². The van der Waals surface area contributed by atoms with Gasteiger partial charge in [0.15, 0.2) is 0 Å². The third-order valence-electron chi connectivity index (χ3n) is 4.55. The quantitative estimate of drug-likeness (QED) is 0.395. The molecule has 27 heavy (non-hydrogen) atoms. The van der Waals surface area contributed by atoms with Gasteiger partial charge in [0.05, 0.1) is 5.56 Å². The first kappa shape index (κ1) is 19.9. The van der Waals surface area contributed by atoms with Crippen LogP contribution in [0.4, 0.5) is 9.39 Å². The summed E-state index contributed by atoms with van der Waals surface area (Å²) in [7, 11) is 0. The summed E-state index contributed by atoms with van der Waals surface area (Å²) in [5.74, 6) is -0.0497. The number of nitrogens with one attached hydrogen (secondary N) is 1. The van der Waals surface area contributed by atoms with E-state index in [1.165, 1.54) is 28.3 Å². The topological polar surface area (TPSA) is 72.2 Å². The van der Waals surface area contributed by atoms with Gasteiger partial charge in [0.25, 0.3) is 5.91 Å². The van der Waals surface area contributed by atoms with Crippen molar-refractivity contribution in [2.75, 3.05) is 11.1 Å². The van der Waals surface area contributed by atoms with Crippen LogP contribution in [0.25, 0.3) is 0 Å². The molecule has 4 nitrogen and oxygen atoms in total. The minimum atomic E-state index is -0.462. The molecule has 144 valence electrons. The monoisotopic (exact) mass is 406 g/mol. The van der Waals surface area contributed by atoms with E-state index in [4.69, 9.17) is 5.73 Å². The number of hydrogen-bond acceptors (Lipinski definition) is 4. The van der Waals surface area contributed by atoms with Gasteiger partial charge in [-0.25, -0.2) is 4.39 Å². The summed E-state index contributed by atoms with van der Waals surface area (Å²) in [6, 6.07) is 6.33. The van der Waals surface area contributed by atoms with Crippen molar-refractivity contribution in [2.45, 2.75) is 49.8 Å². The summed E-state index contributed by atoms with van der Waals surface area (Å²) in [6.07, 6.45) is 6.20. The fraction of sp³-hybridized carbons (Fsp3) is 0.400. The van der Waals surface area contributed by atoms with Crippen LogP contribution in [0.2, 0.25) is 0 Å². The number of carbonyl (C=O) groups is 2. The van der Waals surface area contributed by atoms with Gasteiger partial charge in [-0.15, -0.1) is 23.1 Å². The number of fused-ring (bicyclic) bond motifs is 1. The van der Waals surface area contributed by atoms with Gasteiger partial charge in [0.2, 0.25) is 5.91 Å². The first-order valence-electron chi connectivity index (χ1n) is 9.17. The molecule has 1 aliphatic carbocycles. The highest BCUT2D eigenvalue weighted by molar-refractivity contribution is 7.99. The van der Waals surface area contributed by atoms with Gasteiger partial charge in [0, 0.05) is 16.2 Å². The van der Waals surface area contributed by atoms with Gasteiger partial charge in [-0.05, 0) is 67.7 Å². The van der Waals surface area contributed by atoms with Crippen molar-refractivity contribution in [3.63, 3.8) is 0 Å². The van der Waals surface area contributed by atoms with Crippen LogP contribution in [0.3, 0.4) is 0 Å². The molecule has 0 spiro atoms. The summed E-state index contributed by atoms with van der Waals surface area (Å²) in [5, 5.41) is 3.50. The van der Waals surface area contributed by atoms with Crippen LogP contribution < -0.4 is 11.1 Å². The highest BCUT2D eigenvalue weighted by Crippen LogP contribution is 2.37. The average molecular weight is 407 g/mol. The van der Waals surface area contributed by atoms with E-state index in [0.717, 1.165) is 48.3 Å². The third-order valence-corrected chi connectivity index (χ3v) is 6.86. The number of thioether (sulfide) groups is 1. The van der Waals surface area contributed by atoms with E-state index in [0.29, 0.717) is 23.4 Å². The van der Waals surface area contributed by atoms with Crippen molar-refractivity contribution in [2.24, 2.45) is 5.73 Å². The van der Waals surface area contributed by atoms with Crippen LogP contribution in [-0.2, 0) is 17.6 Å². The molecule has 1 aromatic carbocycles. The minimum absolute atomic E-state index is 0.103. The number of hydrogen-bond donors (Lipinski definition) is 2. The Labute approximate surface area is 166 Å². The Hall–Kier alpha value is -1.86. The molecule has 3 rings (SSSR count). The van der Waals surface area contributed by atoms with Crippen LogP contribution in [0.1, 0.15) is 52.9 Å². The largest absolute Gasteiger partial charge is 0.365 e. The zero-order chi connectivity index (χ0) is 19.2. The Morgan fingerprint density at radius 1 is 1.15 bits per heavy atom. The predicted molar refractivity (Wildman–Crippen MR) is 109 cm³/mol.